The van der Waals surface area contributed by atoms with Crippen LogP contribution >= 0.6 is 0 Å². The molecule has 0 aliphatic carbocycles. The summed E-state index contributed by atoms with van der Waals surface area (Å²) in [5.41, 5.74) is 0.473. The number of anilines is 1. The third-order valence-electron chi connectivity index (χ3n) is 4.52. The van der Waals surface area contributed by atoms with E-state index >= 15 is 0 Å². The smallest absolute Gasteiger partial charge is 0.338 e. The zero-order chi connectivity index (χ0) is 22.3. The summed E-state index contributed by atoms with van der Waals surface area (Å²) in [6.07, 6.45) is 0.751. The molecule has 0 fully saturated rings. The van der Waals surface area contributed by atoms with Crippen LogP contribution in [-0.4, -0.2) is 47.1 Å². The molecule has 30 heavy (non-hydrogen) atoms. The van der Waals surface area contributed by atoms with E-state index in [1.165, 1.54) is 38.4 Å². The van der Waals surface area contributed by atoms with Gasteiger partial charge in [-0.2, -0.15) is 0 Å². The summed E-state index contributed by atoms with van der Waals surface area (Å²) in [4.78, 5) is 24.0. The van der Waals surface area contributed by atoms with Crippen molar-refractivity contribution in [3.63, 3.8) is 0 Å². The van der Waals surface area contributed by atoms with Gasteiger partial charge >= 0.3 is 5.97 Å². The Bertz CT molecular complexity index is 989. The van der Waals surface area contributed by atoms with E-state index in [-0.39, 0.29) is 16.5 Å². The first kappa shape index (κ1) is 23.2. The highest BCUT2D eigenvalue weighted by atomic mass is 32.2. The molecule has 0 bridgehead atoms. The number of esters is 1. The number of amides is 1. The van der Waals surface area contributed by atoms with Gasteiger partial charge in [0.05, 0.1) is 23.3 Å². The lowest BCUT2D eigenvalue weighted by Crippen LogP contribution is -2.35. The number of hydrogen-bond donors (Lipinski definition) is 1. The molecular weight excluding hydrogens is 408 g/mol. The van der Waals surface area contributed by atoms with E-state index in [9.17, 15) is 18.0 Å². The van der Waals surface area contributed by atoms with E-state index in [0.717, 1.165) is 10.7 Å². The SMILES string of the molecule is CC[C@H](C)NC(=O)COC(=O)c1cccc(S(=O)(=O)N(C)c2ccc(OC)cc2)c1. The second kappa shape index (κ2) is 10.1. The number of ether oxygens (including phenoxy) is 2. The molecule has 0 saturated heterocycles. The Morgan fingerprint density at radius 3 is 2.40 bits per heavy atom. The highest BCUT2D eigenvalue weighted by Crippen LogP contribution is 2.24. The van der Waals surface area contributed by atoms with Crippen LogP contribution in [-0.2, 0) is 19.6 Å². The van der Waals surface area contributed by atoms with Crippen LogP contribution in [0.5, 0.6) is 5.75 Å². The van der Waals surface area contributed by atoms with Gasteiger partial charge in [-0.15, -0.1) is 0 Å². The fourth-order valence-electron chi connectivity index (χ4n) is 2.51. The molecule has 1 amide bonds. The van der Waals surface area contributed by atoms with Crippen molar-refractivity contribution < 1.29 is 27.5 Å². The normalized spacial score (nSPS) is 12.0. The van der Waals surface area contributed by atoms with E-state index in [1.54, 1.807) is 24.3 Å². The van der Waals surface area contributed by atoms with E-state index in [2.05, 4.69) is 5.32 Å². The first-order chi connectivity index (χ1) is 14.2. The van der Waals surface area contributed by atoms with Crippen LogP contribution in [0.2, 0.25) is 0 Å². The summed E-state index contributed by atoms with van der Waals surface area (Å²) >= 11 is 0. The number of methoxy groups -OCH3 is 1. The van der Waals surface area contributed by atoms with Crippen LogP contribution < -0.4 is 14.4 Å². The average molecular weight is 435 g/mol. The number of nitrogens with zero attached hydrogens (tertiary/aromatic N) is 1. The minimum absolute atomic E-state index is 0.0295. The molecule has 9 heteroatoms. The molecule has 2 aromatic carbocycles. The fraction of sp³-hybridized carbons (Fsp3) is 0.333. The van der Waals surface area contributed by atoms with Crippen molar-refractivity contribution in [3.05, 3.63) is 54.1 Å². The van der Waals surface area contributed by atoms with Gasteiger partial charge in [0.2, 0.25) is 0 Å². The molecule has 2 rings (SSSR count). The minimum atomic E-state index is -3.91. The molecule has 0 spiro atoms. The lowest BCUT2D eigenvalue weighted by Gasteiger charge is -2.20. The second-order valence-corrected chi connectivity index (χ2v) is 8.62. The molecule has 2 aromatic rings. The Morgan fingerprint density at radius 2 is 1.80 bits per heavy atom. The number of sulfonamides is 1. The molecule has 0 aliphatic rings. The Labute approximate surface area is 176 Å². The van der Waals surface area contributed by atoms with Crippen molar-refractivity contribution in [3.8, 4) is 5.75 Å². The first-order valence-electron chi connectivity index (χ1n) is 9.38. The molecule has 0 aromatic heterocycles. The monoisotopic (exact) mass is 434 g/mol. The number of hydrogen-bond acceptors (Lipinski definition) is 6. The molecule has 0 heterocycles. The second-order valence-electron chi connectivity index (χ2n) is 6.65. The molecule has 162 valence electrons. The van der Waals surface area contributed by atoms with Crippen molar-refractivity contribution in [1.29, 1.82) is 0 Å². The van der Waals surface area contributed by atoms with Gasteiger partial charge in [-0.05, 0) is 55.8 Å². The topological polar surface area (TPSA) is 102 Å². The van der Waals surface area contributed by atoms with Crippen molar-refractivity contribution in [2.45, 2.75) is 31.2 Å². The number of benzene rings is 2. The van der Waals surface area contributed by atoms with Crippen LogP contribution in [0.15, 0.2) is 53.4 Å². The number of rotatable bonds is 9. The zero-order valence-electron chi connectivity index (χ0n) is 17.4. The molecule has 0 saturated carbocycles. The van der Waals surface area contributed by atoms with Gasteiger partial charge in [0.25, 0.3) is 15.9 Å². The summed E-state index contributed by atoms with van der Waals surface area (Å²) in [6, 6.07) is 12.0. The van der Waals surface area contributed by atoms with Crippen LogP contribution in [0.1, 0.15) is 30.6 Å². The van der Waals surface area contributed by atoms with E-state index < -0.39 is 28.5 Å². The van der Waals surface area contributed by atoms with E-state index in [0.29, 0.717) is 11.4 Å². The van der Waals surface area contributed by atoms with E-state index in [4.69, 9.17) is 9.47 Å². The zero-order valence-corrected chi connectivity index (χ0v) is 18.2. The molecule has 8 nitrogen and oxygen atoms in total. The molecule has 1 N–H and O–H groups in total. The van der Waals surface area contributed by atoms with E-state index in [1.807, 2.05) is 13.8 Å². The summed E-state index contributed by atoms with van der Waals surface area (Å²) in [7, 11) is -0.973. The van der Waals surface area contributed by atoms with Gasteiger partial charge in [-0.3, -0.25) is 9.10 Å². The average Bonchev–Trinajstić information content (AvgIpc) is 2.76. The minimum Gasteiger partial charge on any atom is -0.497 e. The summed E-state index contributed by atoms with van der Waals surface area (Å²) in [6.45, 7) is 3.32. The van der Waals surface area contributed by atoms with Crippen molar-refractivity contribution in [2.24, 2.45) is 0 Å². The van der Waals surface area contributed by atoms with Gasteiger partial charge in [-0.25, -0.2) is 13.2 Å². The molecule has 1 atom stereocenters. The largest absolute Gasteiger partial charge is 0.497 e. The number of carbonyl (C=O) groups excluding carboxylic acids is 2. The number of carbonyl (C=O) groups is 2. The summed E-state index contributed by atoms with van der Waals surface area (Å²) < 4.78 is 37.1. The lowest BCUT2D eigenvalue weighted by molar-refractivity contribution is -0.124. The van der Waals surface area contributed by atoms with Crippen molar-refractivity contribution >= 4 is 27.6 Å². The lowest BCUT2D eigenvalue weighted by atomic mass is 10.2. The van der Waals surface area contributed by atoms with Gasteiger partial charge in [0, 0.05) is 13.1 Å². The van der Waals surface area contributed by atoms with Crippen LogP contribution in [0.4, 0.5) is 5.69 Å². The first-order valence-corrected chi connectivity index (χ1v) is 10.8. The summed E-state index contributed by atoms with van der Waals surface area (Å²) in [5, 5.41) is 2.69. The molecule has 0 aliphatic heterocycles. The molecule has 0 unspecified atom stereocenters. The van der Waals surface area contributed by atoms with Gasteiger partial charge < -0.3 is 14.8 Å². The Kier molecular flexibility index (Phi) is 7.82. The third-order valence-corrected chi connectivity index (χ3v) is 6.30. The fourth-order valence-corrected chi connectivity index (χ4v) is 3.75. The maximum absolute atomic E-state index is 13.0. The Hall–Kier alpha value is -3.07. The van der Waals surface area contributed by atoms with Gasteiger partial charge in [-0.1, -0.05) is 13.0 Å². The maximum Gasteiger partial charge on any atom is 0.338 e. The predicted octanol–water partition coefficient (Wildman–Crippen LogP) is 2.59. The standard InChI is InChI=1S/C21H26N2O6S/c1-5-15(2)22-20(24)14-29-21(25)16-7-6-8-19(13-16)30(26,27)23(3)17-9-11-18(28-4)12-10-17/h6-13,15H,5,14H2,1-4H3,(H,22,24)/t15-/m0/s1. The Morgan fingerprint density at radius 1 is 1.13 bits per heavy atom. The maximum atomic E-state index is 13.0. The van der Waals surface area contributed by atoms with Crippen molar-refractivity contribution in [1.82, 2.24) is 5.32 Å². The number of nitrogens with one attached hydrogen (secondary N) is 1. The predicted molar refractivity (Wildman–Crippen MR) is 113 cm³/mol. The highest BCUT2D eigenvalue weighted by Gasteiger charge is 2.23. The highest BCUT2D eigenvalue weighted by molar-refractivity contribution is 7.92. The third kappa shape index (κ3) is 5.73. The Balaban J connectivity index is 2.14. The van der Waals surface area contributed by atoms with Crippen LogP contribution in [0, 0.1) is 0 Å². The van der Waals surface area contributed by atoms with Crippen molar-refractivity contribution in [2.75, 3.05) is 25.1 Å². The summed E-state index contributed by atoms with van der Waals surface area (Å²) in [5.74, 6) is -0.592. The van der Waals surface area contributed by atoms with Crippen LogP contribution in [0.3, 0.4) is 0 Å². The quantitative estimate of drug-likeness (QED) is 0.609. The van der Waals surface area contributed by atoms with Gasteiger partial charge in [0.1, 0.15) is 5.75 Å². The molecule has 0 radical (unpaired) electrons. The van der Waals surface area contributed by atoms with Crippen LogP contribution in [0.25, 0.3) is 0 Å². The molecular formula is C21H26N2O6S. The van der Waals surface area contributed by atoms with Gasteiger partial charge in [0.15, 0.2) is 6.61 Å².